The van der Waals surface area contributed by atoms with Crippen LogP contribution in [0.3, 0.4) is 0 Å². The van der Waals surface area contributed by atoms with Crippen LogP contribution in [0.4, 0.5) is 0 Å². The van der Waals surface area contributed by atoms with Gasteiger partial charge in [-0.2, -0.15) is 0 Å². The fourth-order valence-electron chi connectivity index (χ4n) is 1.75. The smallest absolute Gasteiger partial charge is 0.220 e. The Morgan fingerprint density at radius 3 is 2.71 bits per heavy atom. The number of aryl methyl sites for hydroxylation is 1. The lowest BCUT2D eigenvalue weighted by molar-refractivity contribution is -0.121. The summed E-state index contributed by atoms with van der Waals surface area (Å²) in [6, 6.07) is 3.84. The molecular weight excluding hydrogens is 216 g/mol. The van der Waals surface area contributed by atoms with Crippen molar-refractivity contribution in [3.63, 3.8) is 0 Å². The summed E-state index contributed by atoms with van der Waals surface area (Å²) in [5, 5.41) is 12.0. The molecule has 2 N–H and O–H groups in total. The first-order chi connectivity index (χ1) is 8.24. The first-order valence-electron chi connectivity index (χ1n) is 6.01. The lowest BCUT2D eigenvalue weighted by Crippen LogP contribution is -2.31. The molecule has 0 unspecified atom stereocenters. The van der Waals surface area contributed by atoms with Gasteiger partial charge in [0.1, 0.15) is 0 Å². The highest BCUT2D eigenvalue weighted by Gasteiger charge is 2.41. The van der Waals surface area contributed by atoms with Gasteiger partial charge in [0.25, 0.3) is 0 Å². The Hall–Kier alpha value is -1.42. The highest BCUT2D eigenvalue weighted by atomic mass is 16.3. The fourth-order valence-corrected chi connectivity index (χ4v) is 1.75. The van der Waals surface area contributed by atoms with Gasteiger partial charge in [0.15, 0.2) is 0 Å². The van der Waals surface area contributed by atoms with E-state index >= 15 is 0 Å². The normalized spacial score (nSPS) is 16.5. The van der Waals surface area contributed by atoms with Crippen molar-refractivity contribution in [3.05, 3.63) is 30.1 Å². The van der Waals surface area contributed by atoms with E-state index in [0.717, 1.165) is 24.8 Å². The third-order valence-electron chi connectivity index (χ3n) is 3.34. The number of carbonyl (C=O) groups is 1. The van der Waals surface area contributed by atoms with Crippen LogP contribution < -0.4 is 5.32 Å². The van der Waals surface area contributed by atoms with Gasteiger partial charge in [0.2, 0.25) is 5.91 Å². The summed E-state index contributed by atoms with van der Waals surface area (Å²) in [5.74, 6) is 0.0570. The van der Waals surface area contributed by atoms with Crippen molar-refractivity contribution in [1.82, 2.24) is 10.3 Å². The van der Waals surface area contributed by atoms with Crippen LogP contribution in [0.5, 0.6) is 0 Å². The van der Waals surface area contributed by atoms with Crippen LogP contribution in [0.1, 0.15) is 24.8 Å². The maximum absolute atomic E-state index is 11.6. The number of pyridine rings is 1. The molecule has 1 aliphatic carbocycles. The van der Waals surface area contributed by atoms with Crippen LogP contribution in [-0.2, 0) is 11.2 Å². The van der Waals surface area contributed by atoms with Crippen LogP contribution in [-0.4, -0.2) is 29.1 Å². The number of nitrogens with zero attached hydrogens (tertiary/aromatic N) is 1. The summed E-state index contributed by atoms with van der Waals surface area (Å²) in [5.41, 5.74) is 1.12. The van der Waals surface area contributed by atoms with Crippen molar-refractivity contribution >= 4 is 5.91 Å². The number of amides is 1. The number of hydrogen-bond donors (Lipinski definition) is 2. The molecule has 0 saturated heterocycles. The van der Waals surface area contributed by atoms with Crippen LogP contribution in [0.2, 0.25) is 0 Å². The zero-order valence-corrected chi connectivity index (χ0v) is 9.85. The SMILES string of the molecule is O=C(CCc1ccncc1)NCC1(CO)CC1. The van der Waals surface area contributed by atoms with Gasteiger partial charge in [-0.3, -0.25) is 9.78 Å². The molecular formula is C13H18N2O2. The number of aliphatic hydroxyl groups is 1. The molecule has 1 amide bonds. The third-order valence-corrected chi connectivity index (χ3v) is 3.34. The third kappa shape index (κ3) is 3.53. The molecule has 0 atom stereocenters. The topological polar surface area (TPSA) is 62.2 Å². The summed E-state index contributed by atoms with van der Waals surface area (Å²) in [4.78, 5) is 15.5. The molecule has 1 aromatic rings. The second kappa shape index (κ2) is 5.27. The van der Waals surface area contributed by atoms with Gasteiger partial charge in [-0.05, 0) is 37.0 Å². The van der Waals surface area contributed by atoms with E-state index in [1.165, 1.54) is 0 Å². The molecule has 17 heavy (non-hydrogen) atoms. The van der Waals surface area contributed by atoms with E-state index in [4.69, 9.17) is 5.11 Å². The van der Waals surface area contributed by atoms with Crippen molar-refractivity contribution in [1.29, 1.82) is 0 Å². The lowest BCUT2D eigenvalue weighted by Gasteiger charge is -2.12. The maximum Gasteiger partial charge on any atom is 0.220 e. The highest BCUT2D eigenvalue weighted by molar-refractivity contribution is 5.76. The van der Waals surface area contributed by atoms with Gasteiger partial charge in [0, 0.05) is 30.8 Å². The Kier molecular flexibility index (Phi) is 3.74. The largest absolute Gasteiger partial charge is 0.396 e. The molecule has 2 rings (SSSR count). The van der Waals surface area contributed by atoms with E-state index in [1.807, 2.05) is 12.1 Å². The molecule has 1 heterocycles. The number of aliphatic hydroxyl groups excluding tert-OH is 1. The van der Waals surface area contributed by atoms with Crippen LogP contribution in [0, 0.1) is 5.41 Å². The Morgan fingerprint density at radius 2 is 2.12 bits per heavy atom. The molecule has 0 radical (unpaired) electrons. The van der Waals surface area contributed by atoms with E-state index in [2.05, 4.69) is 10.3 Å². The van der Waals surface area contributed by atoms with E-state index in [9.17, 15) is 4.79 Å². The summed E-state index contributed by atoms with van der Waals surface area (Å²) in [6.07, 6.45) is 6.74. The fraction of sp³-hybridized carbons (Fsp3) is 0.538. The first kappa shape index (κ1) is 12.0. The Bertz CT molecular complexity index is 374. The minimum atomic E-state index is -0.00761. The Balaban J connectivity index is 1.68. The highest BCUT2D eigenvalue weighted by Crippen LogP contribution is 2.44. The Labute approximate surface area is 101 Å². The van der Waals surface area contributed by atoms with Crippen LogP contribution in [0.15, 0.2) is 24.5 Å². The van der Waals surface area contributed by atoms with Crippen molar-refractivity contribution in [2.24, 2.45) is 5.41 Å². The van der Waals surface area contributed by atoms with Gasteiger partial charge >= 0.3 is 0 Å². The zero-order chi connectivity index (χ0) is 12.1. The number of aromatic nitrogens is 1. The molecule has 0 spiro atoms. The molecule has 1 aliphatic rings. The molecule has 0 aliphatic heterocycles. The molecule has 92 valence electrons. The molecule has 0 aromatic carbocycles. The monoisotopic (exact) mass is 234 g/mol. The average Bonchev–Trinajstić information content (AvgIpc) is 3.16. The van der Waals surface area contributed by atoms with Crippen molar-refractivity contribution in [2.45, 2.75) is 25.7 Å². The van der Waals surface area contributed by atoms with Gasteiger partial charge in [-0.15, -0.1) is 0 Å². The molecule has 1 saturated carbocycles. The first-order valence-corrected chi connectivity index (χ1v) is 6.01. The average molecular weight is 234 g/mol. The Morgan fingerprint density at radius 1 is 1.41 bits per heavy atom. The number of carbonyl (C=O) groups excluding carboxylic acids is 1. The minimum Gasteiger partial charge on any atom is -0.396 e. The summed E-state index contributed by atoms with van der Waals surface area (Å²) < 4.78 is 0. The van der Waals surface area contributed by atoms with Gasteiger partial charge in [-0.1, -0.05) is 0 Å². The van der Waals surface area contributed by atoms with Gasteiger partial charge in [0.05, 0.1) is 6.61 Å². The second-order valence-electron chi connectivity index (χ2n) is 4.79. The van der Waals surface area contributed by atoms with Crippen molar-refractivity contribution in [2.75, 3.05) is 13.2 Å². The predicted molar refractivity (Wildman–Crippen MR) is 64.3 cm³/mol. The van der Waals surface area contributed by atoms with Gasteiger partial charge < -0.3 is 10.4 Å². The van der Waals surface area contributed by atoms with Crippen LogP contribution in [0.25, 0.3) is 0 Å². The summed E-state index contributed by atoms with van der Waals surface area (Å²) >= 11 is 0. The van der Waals surface area contributed by atoms with E-state index in [-0.39, 0.29) is 17.9 Å². The number of nitrogens with one attached hydrogen (secondary N) is 1. The summed E-state index contributed by atoms with van der Waals surface area (Å²) in [7, 11) is 0. The zero-order valence-electron chi connectivity index (χ0n) is 9.85. The van der Waals surface area contributed by atoms with Crippen LogP contribution >= 0.6 is 0 Å². The second-order valence-corrected chi connectivity index (χ2v) is 4.79. The van der Waals surface area contributed by atoms with E-state index < -0.39 is 0 Å². The van der Waals surface area contributed by atoms with Crippen molar-refractivity contribution in [3.8, 4) is 0 Å². The summed E-state index contributed by atoms with van der Waals surface area (Å²) in [6.45, 7) is 0.788. The number of rotatable bonds is 6. The molecule has 0 bridgehead atoms. The van der Waals surface area contributed by atoms with Gasteiger partial charge in [-0.25, -0.2) is 0 Å². The minimum absolute atomic E-state index is 0.00761. The molecule has 4 nitrogen and oxygen atoms in total. The molecule has 1 aromatic heterocycles. The molecule has 4 heteroatoms. The quantitative estimate of drug-likeness (QED) is 0.769. The van der Waals surface area contributed by atoms with Crippen molar-refractivity contribution < 1.29 is 9.90 Å². The lowest BCUT2D eigenvalue weighted by atomic mass is 10.1. The molecule has 1 fully saturated rings. The van der Waals surface area contributed by atoms with E-state index in [0.29, 0.717) is 13.0 Å². The van der Waals surface area contributed by atoms with E-state index in [1.54, 1.807) is 12.4 Å². The number of hydrogen-bond acceptors (Lipinski definition) is 3. The standard InChI is InChI=1S/C13H18N2O2/c16-10-13(5-6-13)9-15-12(17)2-1-11-3-7-14-8-4-11/h3-4,7-8,16H,1-2,5-6,9-10H2,(H,15,17). The maximum atomic E-state index is 11.6. The predicted octanol–water partition coefficient (Wildman–Crippen LogP) is 0.903.